The molecule has 34 heavy (non-hydrogen) atoms. The molecule has 0 spiro atoms. The van der Waals surface area contributed by atoms with Crippen molar-refractivity contribution in [1.82, 2.24) is 25.1 Å². The number of fused-ring (bicyclic) bond motifs is 1. The number of urea groups is 1. The molecule has 10 heteroatoms. The average molecular weight is 488 g/mol. The van der Waals surface area contributed by atoms with Gasteiger partial charge in [-0.15, -0.1) is 12.4 Å². The Labute approximate surface area is 205 Å². The van der Waals surface area contributed by atoms with Gasteiger partial charge in [-0.2, -0.15) is 4.98 Å². The fourth-order valence-corrected chi connectivity index (χ4v) is 5.26. The molecule has 2 amide bonds. The van der Waals surface area contributed by atoms with E-state index in [4.69, 9.17) is 5.73 Å². The predicted octanol–water partition coefficient (Wildman–Crippen LogP) is 1.42. The Morgan fingerprint density at radius 1 is 1.09 bits per heavy atom. The first-order valence-corrected chi connectivity index (χ1v) is 12.1. The van der Waals surface area contributed by atoms with Crippen LogP contribution in [0.3, 0.4) is 0 Å². The zero-order chi connectivity index (χ0) is 22.8. The predicted molar refractivity (Wildman–Crippen MR) is 135 cm³/mol. The molecular formula is C24H34ClN7O2. The lowest BCUT2D eigenvalue weighted by atomic mass is 9.87. The molecule has 5 N–H and O–H groups in total. The first kappa shape index (κ1) is 24.7. The van der Waals surface area contributed by atoms with Crippen molar-refractivity contribution in [3.8, 4) is 5.69 Å². The van der Waals surface area contributed by atoms with Crippen LogP contribution in [-0.4, -0.2) is 64.8 Å². The number of anilines is 1. The van der Waals surface area contributed by atoms with Gasteiger partial charge in [0.15, 0.2) is 0 Å². The molecular weight excluding hydrogens is 454 g/mol. The number of carbonyl (C=O) groups excluding carboxylic acids is 1. The molecule has 2 fully saturated rings. The third-order valence-electron chi connectivity index (χ3n) is 7.08. The summed E-state index contributed by atoms with van der Waals surface area (Å²) in [6.45, 7) is 2.82. The van der Waals surface area contributed by atoms with Crippen LogP contribution in [0.15, 0.2) is 35.3 Å². The largest absolute Gasteiger partial charge is 0.354 e. The van der Waals surface area contributed by atoms with E-state index in [1.54, 1.807) is 17.2 Å². The number of hydrogen-bond donors (Lipinski definition) is 4. The second-order valence-electron chi connectivity index (χ2n) is 9.46. The summed E-state index contributed by atoms with van der Waals surface area (Å²) in [5, 5.41) is 9.75. The molecule has 184 valence electrons. The van der Waals surface area contributed by atoms with Crippen LogP contribution in [0.1, 0.15) is 36.8 Å². The molecule has 2 aromatic rings. The summed E-state index contributed by atoms with van der Waals surface area (Å²) in [5.74, 6) is 0.276. The van der Waals surface area contributed by atoms with E-state index in [0.717, 1.165) is 50.9 Å². The molecule has 2 heterocycles. The molecule has 1 aromatic carbocycles. The van der Waals surface area contributed by atoms with E-state index in [2.05, 4.69) is 33.1 Å². The van der Waals surface area contributed by atoms with Crippen molar-refractivity contribution < 1.29 is 4.79 Å². The summed E-state index contributed by atoms with van der Waals surface area (Å²) in [5.41, 5.74) is 9.09. The number of nitrogens with zero attached hydrogens (tertiary/aromatic N) is 3. The number of benzene rings is 1. The number of amides is 2. The quantitative estimate of drug-likeness (QED) is 0.518. The van der Waals surface area contributed by atoms with Crippen LogP contribution in [0.2, 0.25) is 0 Å². The van der Waals surface area contributed by atoms with E-state index in [9.17, 15) is 9.59 Å². The third kappa shape index (κ3) is 5.60. The molecule has 5 rings (SSSR count). The van der Waals surface area contributed by atoms with Gasteiger partial charge in [-0.3, -0.25) is 9.88 Å². The number of hydrogen-bond acceptors (Lipinski definition) is 6. The maximum absolute atomic E-state index is 12.7. The van der Waals surface area contributed by atoms with Crippen molar-refractivity contribution in [1.29, 1.82) is 0 Å². The lowest BCUT2D eigenvalue weighted by Crippen LogP contribution is -2.48. The third-order valence-corrected chi connectivity index (χ3v) is 7.08. The zero-order valence-corrected chi connectivity index (χ0v) is 20.2. The summed E-state index contributed by atoms with van der Waals surface area (Å²) in [7, 11) is 0. The maximum Gasteiger partial charge on any atom is 0.354 e. The Morgan fingerprint density at radius 2 is 1.91 bits per heavy atom. The molecule has 0 radical (unpaired) electrons. The molecule has 1 saturated carbocycles. The molecule has 0 unspecified atom stereocenters. The second kappa shape index (κ2) is 10.9. The Bertz CT molecular complexity index is 1070. The highest BCUT2D eigenvalue weighted by Crippen LogP contribution is 2.26. The van der Waals surface area contributed by atoms with Gasteiger partial charge in [-0.1, -0.05) is 6.07 Å². The Balaban J connectivity index is 0.00000274. The number of nitrogens with one attached hydrogen (secondary N) is 3. The van der Waals surface area contributed by atoms with Gasteiger partial charge >= 0.3 is 11.7 Å². The number of aryl methyl sites for hydroxylation is 1. The smallest absolute Gasteiger partial charge is 0.328 e. The standard InChI is InChI=1S/C24H33N7O2.ClH/c25-18-3-5-20(15-18)27-19-4-1-17-14-21(6-2-16(17)13-19)31-10-7-22(29-24(31)33)28-23(32)30-11-8-26-9-12-30;/h2,6-7,10,14,18-20,26-27H,1,3-5,8-9,11-13,15,25H2,(H,28,29,32,33);1H/t18-,19-,20-;/m0./s1. The Kier molecular flexibility index (Phi) is 7.88. The van der Waals surface area contributed by atoms with Crippen molar-refractivity contribution in [3.63, 3.8) is 0 Å². The first-order valence-electron chi connectivity index (χ1n) is 12.1. The van der Waals surface area contributed by atoms with Crippen molar-refractivity contribution in [2.24, 2.45) is 5.73 Å². The molecule has 0 bridgehead atoms. The van der Waals surface area contributed by atoms with E-state index in [1.807, 2.05) is 6.07 Å². The van der Waals surface area contributed by atoms with E-state index < -0.39 is 5.69 Å². The summed E-state index contributed by atoms with van der Waals surface area (Å²) < 4.78 is 1.53. The van der Waals surface area contributed by atoms with E-state index in [0.29, 0.717) is 31.2 Å². The second-order valence-corrected chi connectivity index (χ2v) is 9.46. The number of nitrogens with two attached hydrogens (primary N) is 1. The fourth-order valence-electron chi connectivity index (χ4n) is 5.26. The molecule has 3 atom stereocenters. The minimum Gasteiger partial charge on any atom is -0.328 e. The minimum absolute atomic E-state index is 0. The van der Waals surface area contributed by atoms with Gasteiger partial charge < -0.3 is 21.3 Å². The van der Waals surface area contributed by atoms with Crippen LogP contribution in [0.4, 0.5) is 10.6 Å². The normalized spacial score (nSPS) is 24.3. The van der Waals surface area contributed by atoms with E-state index in [1.165, 1.54) is 22.1 Å². The molecule has 1 aromatic heterocycles. The zero-order valence-electron chi connectivity index (χ0n) is 19.3. The van der Waals surface area contributed by atoms with Gasteiger partial charge in [0.1, 0.15) is 5.82 Å². The summed E-state index contributed by atoms with van der Waals surface area (Å²) in [6.07, 6.45) is 8.12. The molecule has 1 aliphatic heterocycles. The molecule has 2 aliphatic carbocycles. The van der Waals surface area contributed by atoms with Crippen molar-refractivity contribution >= 4 is 24.3 Å². The van der Waals surface area contributed by atoms with Gasteiger partial charge in [0, 0.05) is 50.5 Å². The lowest BCUT2D eigenvalue weighted by molar-refractivity contribution is 0.204. The van der Waals surface area contributed by atoms with Gasteiger partial charge in [0.25, 0.3) is 0 Å². The van der Waals surface area contributed by atoms with Crippen LogP contribution in [0.25, 0.3) is 5.69 Å². The summed E-state index contributed by atoms with van der Waals surface area (Å²) in [4.78, 5) is 30.9. The molecule has 1 saturated heterocycles. The van der Waals surface area contributed by atoms with Gasteiger partial charge in [0.05, 0.1) is 5.69 Å². The highest BCUT2D eigenvalue weighted by atomic mass is 35.5. The summed E-state index contributed by atoms with van der Waals surface area (Å²) >= 11 is 0. The number of carbonyl (C=O) groups is 1. The minimum atomic E-state index is -0.402. The summed E-state index contributed by atoms with van der Waals surface area (Å²) in [6, 6.07) is 9.03. The van der Waals surface area contributed by atoms with Gasteiger partial charge in [-0.05, 0) is 67.9 Å². The number of piperazine rings is 1. The highest BCUT2D eigenvalue weighted by molar-refractivity contribution is 5.88. The van der Waals surface area contributed by atoms with Gasteiger partial charge in [0.2, 0.25) is 0 Å². The van der Waals surface area contributed by atoms with Crippen molar-refractivity contribution in [2.45, 2.75) is 56.7 Å². The average Bonchev–Trinajstić information content (AvgIpc) is 3.24. The monoisotopic (exact) mass is 487 g/mol. The van der Waals surface area contributed by atoms with Crippen LogP contribution in [-0.2, 0) is 12.8 Å². The highest BCUT2D eigenvalue weighted by Gasteiger charge is 2.26. The van der Waals surface area contributed by atoms with Crippen LogP contribution < -0.4 is 27.4 Å². The topological polar surface area (TPSA) is 117 Å². The van der Waals surface area contributed by atoms with Crippen LogP contribution >= 0.6 is 12.4 Å². The first-order chi connectivity index (χ1) is 16.0. The van der Waals surface area contributed by atoms with Crippen molar-refractivity contribution in [3.05, 3.63) is 52.1 Å². The van der Waals surface area contributed by atoms with Crippen molar-refractivity contribution in [2.75, 3.05) is 31.5 Å². The fraction of sp³-hybridized carbons (Fsp3) is 0.542. The molecule has 3 aliphatic rings. The van der Waals surface area contributed by atoms with Gasteiger partial charge in [-0.25, -0.2) is 9.59 Å². The SMILES string of the molecule is Cl.N[C@H]1CC[C@H](N[C@H]2CCc3cc(-n4ccc(NC(=O)N5CCNCC5)nc4=O)ccc3C2)C1. The van der Waals surface area contributed by atoms with Crippen LogP contribution in [0.5, 0.6) is 0 Å². The Morgan fingerprint density at radius 3 is 2.65 bits per heavy atom. The van der Waals surface area contributed by atoms with E-state index >= 15 is 0 Å². The number of halogens is 1. The lowest BCUT2D eigenvalue weighted by Gasteiger charge is -2.29. The number of aromatic nitrogens is 2. The van der Waals surface area contributed by atoms with Crippen LogP contribution in [0, 0.1) is 0 Å². The number of rotatable bonds is 4. The maximum atomic E-state index is 12.7. The Hall–Kier alpha value is -2.46. The van der Waals surface area contributed by atoms with E-state index in [-0.39, 0.29) is 24.3 Å². The molecule has 9 nitrogen and oxygen atoms in total.